The third-order valence-corrected chi connectivity index (χ3v) is 8.03. The number of phenols is 1. The van der Waals surface area contributed by atoms with Crippen LogP contribution in [0.3, 0.4) is 0 Å². The highest BCUT2D eigenvalue weighted by Crippen LogP contribution is 2.39. The minimum absolute atomic E-state index is 0.0109. The summed E-state index contributed by atoms with van der Waals surface area (Å²) in [6.45, 7) is 0.537. The third kappa shape index (κ3) is 4.31. The summed E-state index contributed by atoms with van der Waals surface area (Å²) in [5.41, 5.74) is -0.164. The first-order valence-electron chi connectivity index (χ1n) is 9.46. The van der Waals surface area contributed by atoms with Gasteiger partial charge in [0, 0.05) is 25.2 Å². The van der Waals surface area contributed by atoms with Crippen molar-refractivity contribution in [3.63, 3.8) is 0 Å². The zero-order valence-electron chi connectivity index (χ0n) is 16.0. The largest absolute Gasteiger partial charge is 0.504 e. The first kappa shape index (κ1) is 22.1. The first-order valence-corrected chi connectivity index (χ1v) is 11.7. The number of halogens is 3. The van der Waals surface area contributed by atoms with Gasteiger partial charge in [-0.2, -0.15) is 4.31 Å². The molecular formula is C19H19Cl2FN4O4S. The fourth-order valence-corrected chi connectivity index (χ4v) is 6.15. The van der Waals surface area contributed by atoms with Crippen LogP contribution in [0, 0.1) is 5.82 Å². The summed E-state index contributed by atoms with van der Waals surface area (Å²) in [6, 6.07) is 5.68. The molecule has 2 aromatic carbocycles. The van der Waals surface area contributed by atoms with E-state index in [0.29, 0.717) is 0 Å². The molecule has 2 aliphatic heterocycles. The number of aromatic hydroxyl groups is 1. The molecule has 2 fully saturated rings. The molecule has 2 bridgehead atoms. The number of phenolic OH excluding ortho intramolecular Hbond substituents is 1. The molecule has 8 nitrogen and oxygen atoms in total. The van der Waals surface area contributed by atoms with Crippen molar-refractivity contribution in [2.75, 3.05) is 23.7 Å². The summed E-state index contributed by atoms with van der Waals surface area (Å²) in [5.74, 6) is -1.40. The zero-order chi connectivity index (χ0) is 22.3. The van der Waals surface area contributed by atoms with Crippen molar-refractivity contribution < 1.29 is 22.7 Å². The molecule has 0 saturated carbocycles. The number of carbonyl (C=O) groups excluding carboxylic acids is 1. The average Bonchev–Trinajstić information content (AvgIpc) is 3.05. The Kier molecular flexibility index (Phi) is 6.01. The third-order valence-electron chi connectivity index (χ3n) is 5.31. The van der Waals surface area contributed by atoms with E-state index in [2.05, 4.69) is 16.0 Å². The fourth-order valence-electron chi connectivity index (χ4n) is 3.85. The lowest BCUT2D eigenvalue weighted by atomic mass is 10.2. The Morgan fingerprint density at radius 1 is 1.10 bits per heavy atom. The van der Waals surface area contributed by atoms with E-state index >= 15 is 0 Å². The van der Waals surface area contributed by atoms with E-state index in [0.717, 1.165) is 18.9 Å². The smallest absolute Gasteiger partial charge is 0.323 e. The van der Waals surface area contributed by atoms with Gasteiger partial charge in [-0.15, -0.1) is 0 Å². The normalized spacial score (nSPS) is 21.1. The van der Waals surface area contributed by atoms with E-state index in [1.807, 2.05) is 0 Å². The Balaban J connectivity index is 1.59. The van der Waals surface area contributed by atoms with Crippen LogP contribution < -0.4 is 16.0 Å². The molecule has 12 heteroatoms. The van der Waals surface area contributed by atoms with Crippen molar-refractivity contribution >= 4 is 50.6 Å². The van der Waals surface area contributed by atoms with Gasteiger partial charge in [0.15, 0.2) is 5.75 Å². The molecule has 31 heavy (non-hydrogen) atoms. The van der Waals surface area contributed by atoms with Crippen molar-refractivity contribution in [2.45, 2.75) is 29.8 Å². The molecule has 0 spiro atoms. The van der Waals surface area contributed by atoms with E-state index < -0.39 is 32.5 Å². The number of nitrogens with one attached hydrogen (secondary N) is 3. The van der Waals surface area contributed by atoms with E-state index in [9.17, 15) is 22.7 Å². The van der Waals surface area contributed by atoms with Crippen LogP contribution in [0.4, 0.5) is 20.6 Å². The summed E-state index contributed by atoms with van der Waals surface area (Å²) in [7, 11) is -4.11. The Labute approximate surface area is 188 Å². The monoisotopic (exact) mass is 488 g/mol. The van der Waals surface area contributed by atoms with E-state index in [-0.39, 0.29) is 46.6 Å². The van der Waals surface area contributed by atoms with Crippen LogP contribution in [0.5, 0.6) is 5.75 Å². The minimum Gasteiger partial charge on any atom is -0.504 e. The maximum Gasteiger partial charge on any atom is 0.323 e. The number of anilines is 2. The quantitative estimate of drug-likeness (QED) is 0.491. The molecule has 0 radical (unpaired) electrons. The van der Waals surface area contributed by atoms with Crippen LogP contribution in [0.25, 0.3) is 0 Å². The second kappa shape index (κ2) is 8.44. The van der Waals surface area contributed by atoms with Crippen LogP contribution in [-0.2, 0) is 10.0 Å². The Hall–Kier alpha value is -2.11. The summed E-state index contributed by atoms with van der Waals surface area (Å²) >= 11 is 11.9. The fraction of sp³-hybridized carbons (Fsp3) is 0.316. The SMILES string of the molecule is O=C(Nc1ccc(Cl)c(S(=O)(=O)N2C[C@@H]3CC[C@@H](C2)N3)c1O)Nc1cccc(F)c1Cl. The number of hydrogen-bond acceptors (Lipinski definition) is 5. The van der Waals surface area contributed by atoms with E-state index in [1.54, 1.807) is 0 Å². The number of benzene rings is 2. The Morgan fingerprint density at radius 2 is 1.74 bits per heavy atom. The number of piperazine rings is 1. The van der Waals surface area contributed by atoms with Gasteiger partial charge in [-0.25, -0.2) is 17.6 Å². The Morgan fingerprint density at radius 3 is 2.42 bits per heavy atom. The summed E-state index contributed by atoms with van der Waals surface area (Å²) < 4.78 is 41.3. The van der Waals surface area contributed by atoms with Crippen molar-refractivity contribution in [3.8, 4) is 5.75 Å². The van der Waals surface area contributed by atoms with Crippen molar-refractivity contribution in [1.29, 1.82) is 0 Å². The van der Waals surface area contributed by atoms with Gasteiger partial charge in [0.05, 0.1) is 21.4 Å². The van der Waals surface area contributed by atoms with Crippen LogP contribution in [-0.4, -0.2) is 49.0 Å². The second-order valence-corrected chi connectivity index (χ2v) is 10.1. The molecule has 2 amide bonds. The first-order chi connectivity index (χ1) is 14.7. The standard InChI is InChI=1S/C19H19Cl2FN4O4S/c20-12-6-7-15(25-19(28)24-14-3-1-2-13(22)16(14)21)17(27)18(12)31(29,30)26-8-10-4-5-11(9-26)23-10/h1-3,6-7,10-11,23,27H,4-5,8-9H2,(H2,24,25,28)/t10-,11-/m0/s1. The summed E-state index contributed by atoms with van der Waals surface area (Å²) in [6.07, 6.45) is 1.75. The number of nitrogens with zero attached hydrogens (tertiary/aromatic N) is 1. The van der Waals surface area contributed by atoms with Crippen LogP contribution in [0.1, 0.15) is 12.8 Å². The van der Waals surface area contributed by atoms with Gasteiger partial charge in [-0.1, -0.05) is 29.3 Å². The summed E-state index contributed by atoms with van der Waals surface area (Å²) in [4.78, 5) is 11.8. The molecule has 0 unspecified atom stereocenters. The molecule has 0 aromatic heterocycles. The van der Waals surface area contributed by atoms with Gasteiger partial charge in [0.25, 0.3) is 0 Å². The van der Waals surface area contributed by atoms with Gasteiger partial charge in [-0.3, -0.25) is 0 Å². The molecule has 2 saturated heterocycles. The number of rotatable bonds is 4. The lowest BCUT2D eigenvalue weighted by molar-refractivity contribution is 0.262. The lowest BCUT2D eigenvalue weighted by Crippen LogP contribution is -2.52. The van der Waals surface area contributed by atoms with Crippen molar-refractivity contribution in [1.82, 2.24) is 9.62 Å². The minimum atomic E-state index is -4.11. The lowest BCUT2D eigenvalue weighted by Gasteiger charge is -2.32. The topological polar surface area (TPSA) is 111 Å². The van der Waals surface area contributed by atoms with Gasteiger partial charge < -0.3 is 21.1 Å². The molecule has 0 aliphatic carbocycles. The van der Waals surface area contributed by atoms with Crippen LogP contribution >= 0.6 is 23.2 Å². The average molecular weight is 489 g/mol. The maximum atomic E-state index is 13.6. The van der Waals surface area contributed by atoms with Gasteiger partial charge in [-0.05, 0) is 37.1 Å². The predicted molar refractivity (Wildman–Crippen MR) is 116 cm³/mol. The van der Waals surface area contributed by atoms with Crippen molar-refractivity contribution in [2.24, 2.45) is 0 Å². The Bertz CT molecular complexity index is 1140. The molecular weight excluding hydrogens is 470 g/mol. The van der Waals surface area contributed by atoms with Gasteiger partial charge >= 0.3 is 6.03 Å². The van der Waals surface area contributed by atoms with Crippen molar-refractivity contribution in [3.05, 3.63) is 46.2 Å². The second-order valence-electron chi connectivity index (χ2n) is 7.41. The highest BCUT2D eigenvalue weighted by atomic mass is 35.5. The molecule has 4 rings (SSSR count). The number of carbonyl (C=O) groups is 1. The highest BCUT2D eigenvalue weighted by molar-refractivity contribution is 7.89. The van der Waals surface area contributed by atoms with E-state index in [1.165, 1.54) is 28.6 Å². The maximum absolute atomic E-state index is 13.6. The van der Waals surface area contributed by atoms with E-state index in [4.69, 9.17) is 23.2 Å². The number of sulfonamides is 1. The highest BCUT2D eigenvalue weighted by Gasteiger charge is 2.40. The number of urea groups is 1. The van der Waals surface area contributed by atoms with Gasteiger partial charge in [0.2, 0.25) is 10.0 Å². The molecule has 2 aromatic rings. The molecule has 4 N–H and O–H groups in total. The van der Waals surface area contributed by atoms with Crippen LogP contribution in [0.2, 0.25) is 10.0 Å². The predicted octanol–water partition coefficient (Wildman–Crippen LogP) is 3.61. The summed E-state index contributed by atoms with van der Waals surface area (Å²) in [5, 5.41) is 18.2. The number of fused-ring (bicyclic) bond motifs is 2. The number of amides is 2. The number of hydrogen-bond donors (Lipinski definition) is 4. The molecule has 2 aliphatic rings. The molecule has 166 valence electrons. The van der Waals surface area contributed by atoms with Gasteiger partial charge in [0.1, 0.15) is 10.7 Å². The zero-order valence-corrected chi connectivity index (χ0v) is 18.4. The molecule has 2 atom stereocenters. The van der Waals surface area contributed by atoms with Crippen LogP contribution in [0.15, 0.2) is 35.2 Å². The molecule has 2 heterocycles.